The maximum atomic E-state index is 12.0. The Hall–Kier alpha value is -1.39. The van der Waals surface area contributed by atoms with E-state index in [0.29, 0.717) is 6.54 Å². The third-order valence-electron chi connectivity index (χ3n) is 2.87. The quantitative estimate of drug-likeness (QED) is 0.889. The average Bonchev–Trinajstić information content (AvgIpc) is 2.61. The summed E-state index contributed by atoms with van der Waals surface area (Å²) in [4.78, 5) is 12.0. The number of carbonyl (C=O) groups excluding carboxylic acids is 1. The third-order valence-corrected chi connectivity index (χ3v) is 2.87. The lowest BCUT2D eigenvalue weighted by atomic mass is 10.2. The van der Waals surface area contributed by atoms with Crippen molar-refractivity contribution in [3.63, 3.8) is 0 Å². The molecule has 2 rings (SSSR count). The van der Waals surface area contributed by atoms with Gasteiger partial charge in [-0.1, -0.05) is 30.3 Å². The zero-order valence-electron chi connectivity index (χ0n) is 11.0. The van der Waals surface area contributed by atoms with Crippen molar-refractivity contribution in [2.24, 2.45) is 0 Å². The molecule has 0 bridgehead atoms. The summed E-state index contributed by atoms with van der Waals surface area (Å²) >= 11 is 0. The molecule has 1 fully saturated rings. The van der Waals surface area contributed by atoms with Gasteiger partial charge in [-0.25, -0.2) is 0 Å². The summed E-state index contributed by atoms with van der Waals surface area (Å²) in [5, 5.41) is 2.87. The molecular weight excluding hydrogens is 230 g/mol. The smallest absolute Gasteiger partial charge is 0.252 e. The van der Waals surface area contributed by atoms with Gasteiger partial charge >= 0.3 is 0 Å². The molecule has 4 nitrogen and oxygen atoms in total. The molecule has 0 radical (unpaired) electrons. The SMILES string of the molecule is C[C@H]1OC(C)(C)O[C@@H]1C(=O)NCc1ccccc1. The van der Waals surface area contributed by atoms with Crippen LogP contribution in [0.1, 0.15) is 26.3 Å². The number of amides is 1. The Morgan fingerprint density at radius 1 is 1.28 bits per heavy atom. The van der Waals surface area contributed by atoms with Crippen molar-refractivity contribution in [2.45, 2.75) is 45.3 Å². The molecule has 1 saturated heterocycles. The molecule has 0 spiro atoms. The van der Waals surface area contributed by atoms with Crippen LogP contribution in [0.3, 0.4) is 0 Å². The summed E-state index contributed by atoms with van der Waals surface area (Å²) in [5.41, 5.74) is 1.07. The number of carbonyl (C=O) groups is 1. The Balaban J connectivity index is 1.89. The third kappa shape index (κ3) is 3.09. The van der Waals surface area contributed by atoms with Crippen LogP contribution >= 0.6 is 0 Å². The maximum Gasteiger partial charge on any atom is 0.252 e. The average molecular weight is 249 g/mol. The minimum absolute atomic E-state index is 0.128. The summed E-state index contributed by atoms with van der Waals surface area (Å²) in [6.45, 7) is 5.98. The van der Waals surface area contributed by atoms with Crippen molar-refractivity contribution >= 4 is 5.91 Å². The van der Waals surface area contributed by atoms with Crippen LogP contribution in [0, 0.1) is 0 Å². The second kappa shape index (κ2) is 5.08. The van der Waals surface area contributed by atoms with Gasteiger partial charge in [0.2, 0.25) is 0 Å². The molecule has 1 aromatic carbocycles. The monoisotopic (exact) mass is 249 g/mol. The molecule has 18 heavy (non-hydrogen) atoms. The Bertz CT molecular complexity index is 416. The van der Waals surface area contributed by atoms with Crippen LogP contribution in [-0.4, -0.2) is 23.9 Å². The first-order valence-electron chi connectivity index (χ1n) is 6.15. The first-order valence-corrected chi connectivity index (χ1v) is 6.15. The van der Waals surface area contributed by atoms with Crippen LogP contribution in [0.2, 0.25) is 0 Å². The van der Waals surface area contributed by atoms with E-state index in [4.69, 9.17) is 9.47 Å². The van der Waals surface area contributed by atoms with Crippen LogP contribution in [0.15, 0.2) is 30.3 Å². The van der Waals surface area contributed by atoms with Crippen molar-refractivity contribution in [2.75, 3.05) is 0 Å². The topological polar surface area (TPSA) is 47.6 Å². The van der Waals surface area contributed by atoms with Crippen molar-refractivity contribution < 1.29 is 14.3 Å². The van der Waals surface area contributed by atoms with E-state index in [9.17, 15) is 4.79 Å². The largest absolute Gasteiger partial charge is 0.350 e. The Kier molecular flexibility index (Phi) is 3.68. The minimum atomic E-state index is -0.686. The van der Waals surface area contributed by atoms with E-state index < -0.39 is 11.9 Å². The van der Waals surface area contributed by atoms with E-state index in [0.717, 1.165) is 5.56 Å². The molecular formula is C14H19NO3. The Labute approximate surface area is 107 Å². The van der Waals surface area contributed by atoms with Gasteiger partial charge in [0.05, 0.1) is 6.10 Å². The highest BCUT2D eigenvalue weighted by molar-refractivity contribution is 5.81. The number of hydrogen-bond acceptors (Lipinski definition) is 3. The van der Waals surface area contributed by atoms with E-state index in [-0.39, 0.29) is 12.0 Å². The van der Waals surface area contributed by atoms with Gasteiger partial charge < -0.3 is 14.8 Å². The lowest BCUT2D eigenvalue weighted by Crippen LogP contribution is -2.39. The first kappa shape index (κ1) is 13.1. The van der Waals surface area contributed by atoms with Crippen molar-refractivity contribution in [1.29, 1.82) is 0 Å². The number of ether oxygens (including phenoxy) is 2. The van der Waals surface area contributed by atoms with Crippen molar-refractivity contribution in [3.05, 3.63) is 35.9 Å². The maximum absolute atomic E-state index is 12.0. The molecule has 0 unspecified atom stereocenters. The Morgan fingerprint density at radius 3 is 2.50 bits per heavy atom. The molecule has 1 heterocycles. The van der Waals surface area contributed by atoms with Gasteiger partial charge in [-0.05, 0) is 26.3 Å². The molecule has 4 heteroatoms. The van der Waals surface area contributed by atoms with E-state index in [1.165, 1.54) is 0 Å². The standard InChI is InChI=1S/C14H19NO3/c1-10-12(18-14(2,3)17-10)13(16)15-9-11-7-5-4-6-8-11/h4-8,10,12H,9H2,1-3H3,(H,15,16)/t10-,12+/m1/s1. The summed E-state index contributed by atoms with van der Waals surface area (Å²) in [5.74, 6) is -0.814. The molecule has 0 aromatic heterocycles. The second-order valence-corrected chi connectivity index (χ2v) is 4.96. The van der Waals surface area contributed by atoms with Crippen molar-refractivity contribution in [1.82, 2.24) is 5.32 Å². The zero-order valence-corrected chi connectivity index (χ0v) is 11.0. The van der Waals surface area contributed by atoms with Crippen LogP contribution in [0.25, 0.3) is 0 Å². The van der Waals surface area contributed by atoms with E-state index in [2.05, 4.69) is 5.32 Å². The molecule has 0 aliphatic carbocycles. The van der Waals surface area contributed by atoms with Gasteiger partial charge in [-0.3, -0.25) is 4.79 Å². The van der Waals surface area contributed by atoms with Gasteiger partial charge in [0.1, 0.15) is 0 Å². The number of rotatable bonds is 3. The summed E-state index contributed by atoms with van der Waals surface area (Å²) in [6.07, 6.45) is -0.764. The molecule has 1 amide bonds. The molecule has 1 N–H and O–H groups in total. The molecule has 0 saturated carbocycles. The predicted octanol–water partition coefficient (Wildman–Crippen LogP) is 1.84. The van der Waals surface area contributed by atoms with Gasteiger partial charge in [0.15, 0.2) is 11.9 Å². The highest BCUT2D eigenvalue weighted by atomic mass is 16.8. The normalized spacial score (nSPS) is 25.9. The molecule has 1 aliphatic rings. The molecule has 1 aromatic rings. The summed E-state index contributed by atoms with van der Waals surface area (Å²) < 4.78 is 11.1. The van der Waals surface area contributed by atoms with Crippen molar-refractivity contribution in [3.8, 4) is 0 Å². The summed E-state index contributed by atoms with van der Waals surface area (Å²) in [7, 11) is 0. The number of nitrogens with one attached hydrogen (secondary N) is 1. The van der Waals surface area contributed by atoms with Gasteiger partial charge in [-0.15, -0.1) is 0 Å². The van der Waals surface area contributed by atoms with Crippen LogP contribution in [0.4, 0.5) is 0 Å². The Morgan fingerprint density at radius 2 is 1.94 bits per heavy atom. The van der Waals surface area contributed by atoms with Gasteiger partial charge in [-0.2, -0.15) is 0 Å². The fourth-order valence-corrected chi connectivity index (χ4v) is 2.09. The molecule has 2 atom stereocenters. The second-order valence-electron chi connectivity index (χ2n) is 4.96. The zero-order chi connectivity index (χ0) is 13.2. The highest BCUT2D eigenvalue weighted by Gasteiger charge is 2.42. The fraction of sp³-hybridized carbons (Fsp3) is 0.500. The lowest BCUT2D eigenvalue weighted by molar-refractivity contribution is -0.155. The van der Waals surface area contributed by atoms with E-state index >= 15 is 0 Å². The van der Waals surface area contributed by atoms with Crippen LogP contribution in [0.5, 0.6) is 0 Å². The minimum Gasteiger partial charge on any atom is -0.350 e. The molecule has 1 aliphatic heterocycles. The summed E-state index contributed by atoms with van der Waals surface area (Å²) in [6, 6.07) is 9.79. The predicted molar refractivity (Wildman–Crippen MR) is 67.8 cm³/mol. The highest BCUT2D eigenvalue weighted by Crippen LogP contribution is 2.27. The lowest BCUT2D eigenvalue weighted by Gasteiger charge is -2.16. The number of hydrogen-bond donors (Lipinski definition) is 1. The van der Waals surface area contributed by atoms with Gasteiger partial charge in [0.25, 0.3) is 5.91 Å². The first-order chi connectivity index (χ1) is 8.48. The van der Waals surface area contributed by atoms with Gasteiger partial charge in [0, 0.05) is 6.54 Å². The fourth-order valence-electron chi connectivity index (χ4n) is 2.09. The molecule has 98 valence electrons. The van der Waals surface area contributed by atoms with E-state index in [1.54, 1.807) is 0 Å². The van der Waals surface area contributed by atoms with E-state index in [1.807, 2.05) is 51.1 Å². The number of benzene rings is 1. The van der Waals surface area contributed by atoms with Crippen LogP contribution < -0.4 is 5.32 Å². The van der Waals surface area contributed by atoms with Crippen LogP contribution in [-0.2, 0) is 20.8 Å².